The highest BCUT2D eigenvalue weighted by Gasteiger charge is 2.31. The number of rotatable bonds is 4. The van der Waals surface area contributed by atoms with Gasteiger partial charge in [0.1, 0.15) is 0 Å². The summed E-state index contributed by atoms with van der Waals surface area (Å²) < 4.78 is 39.3. The van der Waals surface area contributed by atoms with Crippen LogP contribution >= 0.6 is 0 Å². The lowest BCUT2D eigenvalue weighted by Crippen LogP contribution is -2.36. The molecule has 3 rings (SSSR count). The highest BCUT2D eigenvalue weighted by molar-refractivity contribution is 5.95. The van der Waals surface area contributed by atoms with Crippen LogP contribution in [0.2, 0.25) is 0 Å². The lowest BCUT2D eigenvalue weighted by atomic mass is 10.0. The predicted molar refractivity (Wildman–Crippen MR) is 118 cm³/mol. The Balaban J connectivity index is 0.000000589. The van der Waals surface area contributed by atoms with Crippen LogP contribution in [0.5, 0.6) is 0 Å². The number of carbonyl (C=O) groups is 3. The Morgan fingerprint density at radius 2 is 1.68 bits per heavy atom. The van der Waals surface area contributed by atoms with Gasteiger partial charge in [-0.2, -0.15) is 13.2 Å². The number of pyridine rings is 1. The lowest BCUT2D eigenvalue weighted by Gasteiger charge is -2.10. The van der Waals surface area contributed by atoms with Crippen LogP contribution in [0.25, 0.3) is 0 Å². The molecule has 3 amide bonds. The number of nitrogens with zero attached hydrogens (tertiary/aromatic N) is 1. The average Bonchev–Trinajstić information content (AvgIpc) is 2.82. The van der Waals surface area contributed by atoms with Gasteiger partial charge in [-0.05, 0) is 55.0 Å². The summed E-state index contributed by atoms with van der Waals surface area (Å²) in [7, 11) is 0. The molecule has 0 aliphatic carbocycles. The number of halogens is 3. The fourth-order valence-corrected chi connectivity index (χ4v) is 2.58. The molecule has 7 nitrogen and oxygen atoms in total. The van der Waals surface area contributed by atoms with Gasteiger partial charge in [-0.15, -0.1) is 0 Å². The second-order valence-electron chi connectivity index (χ2n) is 6.68. The average molecular weight is 468 g/mol. The van der Waals surface area contributed by atoms with Crippen molar-refractivity contribution in [2.24, 2.45) is 5.73 Å². The number of hydrogen-bond acceptors (Lipinski definition) is 4. The Labute approximate surface area is 193 Å². The molecule has 0 bridgehead atoms. The molecule has 0 saturated heterocycles. The minimum atomic E-state index is -4.70. The van der Waals surface area contributed by atoms with Crippen molar-refractivity contribution in [1.29, 1.82) is 0 Å². The van der Waals surface area contributed by atoms with E-state index in [0.717, 1.165) is 12.1 Å². The Morgan fingerprint density at radius 1 is 1.00 bits per heavy atom. The van der Waals surface area contributed by atoms with Gasteiger partial charge in [-0.25, -0.2) is 0 Å². The number of nitrogens with two attached hydrogens (primary N) is 1. The van der Waals surface area contributed by atoms with Gasteiger partial charge in [-0.3, -0.25) is 30.2 Å². The Kier molecular flexibility index (Phi) is 8.91. The molecule has 0 spiro atoms. The molecule has 0 aliphatic heterocycles. The number of hydrogen-bond donors (Lipinski definition) is 3. The molecule has 34 heavy (non-hydrogen) atoms. The fourth-order valence-electron chi connectivity index (χ4n) is 2.58. The third-order valence-electron chi connectivity index (χ3n) is 4.19. The van der Waals surface area contributed by atoms with Crippen LogP contribution in [0.4, 0.5) is 13.2 Å². The van der Waals surface area contributed by atoms with Crippen molar-refractivity contribution in [2.75, 3.05) is 0 Å². The van der Waals surface area contributed by atoms with Crippen LogP contribution in [0.1, 0.15) is 43.0 Å². The van der Waals surface area contributed by atoms with Crippen LogP contribution in [-0.4, -0.2) is 23.2 Å². The first-order chi connectivity index (χ1) is 16.1. The molecule has 10 heteroatoms. The summed E-state index contributed by atoms with van der Waals surface area (Å²) in [5.41, 5.74) is 8.82. The maximum absolute atomic E-state index is 13.1. The van der Waals surface area contributed by atoms with Gasteiger partial charge in [0.2, 0.25) is 12.3 Å². The number of aryl methyl sites for hydroxylation is 1. The maximum Gasteiger partial charge on any atom is 0.416 e. The van der Waals surface area contributed by atoms with E-state index in [1.165, 1.54) is 6.07 Å². The molecular formula is C24H19F3N4O3. The predicted octanol–water partition coefficient (Wildman–Crippen LogP) is 2.98. The number of benzene rings is 2. The molecule has 1 aromatic heterocycles. The minimum Gasteiger partial charge on any atom is -0.366 e. The summed E-state index contributed by atoms with van der Waals surface area (Å²) >= 11 is 0. The molecule has 4 N–H and O–H groups in total. The zero-order chi connectivity index (χ0) is 25.1. The smallest absolute Gasteiger partial charge is 0.366 e. The summed E-state index contributed by atoms with van der Waals surface area (Å²) in [6, 6.07) is 12.9. The maximum atomic E-state index is 13.1. The van der Waals surface area contributed by atoms with E-state index in [1.54, 1.807) is 31.5 Å². The number of alkyl halides is 3. The van der Waals surface area contributed by atoms with Crippen molar-refractivity contribution < 1.29 is 27.6 Å². The summed E-state index contributed by atoms with van der Waals surface area (Å²) in [5, 5.41) is 0. The van der Waals surface area contributed by atoms with Crippen molar-refractivity contribution in [2.45, 2.75) is 13.1 Å². The first kappa shape index (κ1) is 25.6. The summed E-state index contributed by atoms with van der Waals surface area (Å²) in [6.45, 7) is 1.68. The summed E-state index contributed by atoms with van der Waals surface area (Å²) in [4.78, 5) is 37.3. The van der Waals surface area contributed by atoms with E-state index in [1.807, 2.05) is 29.1 Å². The van der Waals surface area contributed by atoms with Gasteiger partial charge in [0.15, 0.2) is 0 Å². The zero-order valence-electron chi connectivity index (χ0n) is 17.8. The van der Waals surface area contributed by atoms with E-state index in [-0.39, 0.29) is 23.1 Å². The molecule has 0 fully saturated rings. The summed E-state index contributed by atoms with van der Waals surface area (Å²) in [6.07, 6.45) is -1.03. The van der Waals surface area contributed by atoms with E-state index < -0.39 is 23.6 Å². The highest BCUT2D eigenvalue weighted by Crippen LogP contribution is 2.30. The minimum absolute atomic E-state index is 0.0766. The molecule has 0 radical (unpaired) electrons. The normalized spacial score (nSPS) is 10.0. The van der Waals surface area contributed by atoms with Crippen LogP contribution < -0.4 is 16.6 Å². The number of primary amides is 1. The number of amides is 3. The van der Waals surface area contributed by atoms with Crippen LogP contribution in [0, 0.1) is 18.8 Å². The van der Waals surface area contributed by atoms with Gasteiger partial charge >= 0.3 is 6.18 Å². The molecule has 174 valence electrons. The zero-order valence-corrected chi connectivity index (χ0v) is 17.8. The molecular weight excluding hydrogens is 449 g/mol. The number of aromatic nitrogens is 1. The fraction of sp³-hybridized carbons (Fsp3) is 0.0833. The van der Waals surface area contributed by atoms with E-state index in [2.05, 4.69) is 16.8 Å². The molecule has 0 aliphatic rings. The monoisotopic (exact) mass is 468 g/mol. The molecule has 1 heterocycles. The van der Waals surface area contributed by atoms with Gasteiger partial charge in [0.05, 0.1) is 5.56 Å². The number of hydrazine groups is 1. The van der Waals surface area contributed by atoms with Crippen LogP contribution in [0.15, 0.2) is 67.0 Å². The topological polar surface area (TPSA) is 114 Å². The third kappa shape index (κ3) is 7.80. The number of carbonyl (C=O) groups excluding carboxylic acids is 3. The van der Waals surface area contributed by atoms with Crippen molar-refractivity contribution in [1.82, 2.24) is 15.8 Å². The lowest BCUT2D eigenvalue weighted by molar-refractivity contribution is -0.137. The van der Waals surface area contributed by atoms with Gasteiger partial charge in [0, 0.05) is 34.6 Å². The molecule has 0 unspecified atom stereocenters. The molecule has 0 atom stereocenters. The SMILES string of the molecule is Cc1ccc(C#Cc2cc(C(=O)NNC=O)cc(C(F)(F)F)c2)cc1C(N)=O.c1ccncc1. The van der Waals surface area contributed by atoms with E-state index in [0.29, 0.717) is 17.2 Å². The van der Waals surface area contributed by atoms with Crippen LogP contribution in [0.3, 0.4) is 0 Å². The van der Waals surface area contributed by atoms with Crippen LogP contribution in [-0.2, 0) is 11.0 Å². The number of nitrogens with one attached hydrogen (secondary N) is 2. The van der Waals surface area contributed by atoms with Crippen molar-refractivity contribution in [3.63, 3.8) is 0 Å². The van der Waals surface area contributed by atoms with Gasteiger partial charge in [0.25, 0.3) is 5.91 Å². The van der Waals surface area contributed by atoms with E-state index in [4.69, 9.17) is 5.73 Å². The van der Waals surface area contributed by atoms with Crippen molar-refractivity contribution in [3.05, 3.63) is 100 Å². The third-order valence-corrected chi connectivity index (χ3v) is 4.19. The highest BCUT2D eigenvalue weighted by atomic mass is 19.4. The molecule has 3 aromatic rings. The quantitative estimate of drug-likeness (QED) is 0.310. The van der Waals surface area contributed by atoms with Gasteiger partial charge in [-0.1, -0.05) is 24.0 Å². The van der Waals surface area contributed by atoms with Gasteiger partial charge < -0.3 is 5.73 Å². The molecule has 0 saturated carbocycles. The van der Waals surface area contributed by atoms with Crippen molar-refractivity contribution >= 4 is 18.2 Å². The first-order valence-corrected chi connectivity index (χ1v) is 9.61. The Morgan fingerprint density at radius 3 is 2.21 bits per heavy atom. The first-order valence-electron chi connectivity index (χ1n) is 9.61. The van der Waals surface area contributed by atoms with Crippen molar-refractivity contribution in [3.8, 4) is 11.8 Å². The summed E-state index contributed by atoms with van der Waals surface area (Å²) in [5.74, 6) is 3.59. The Bertz CT molecular complexity index is 1210. The second kappa shape index (κ2) is 11.8. The molecule has 2 aromatic carbocycles. The largest absolute Gasteiger partial charge is 0.416 e. The van der Waals surface area contributed by atoms with E-state index in [9.17, 15) is 27.6 Å². The second-order valence-corrected chi connectivity index (χ2v) is 6.68. The standard InChI is InChI=1S/C19H14F3N3O3.C5H5N/c1-11-2-3-12(8-16(11)17(23)27)4-5-13-6-14(18(28)25-24-10-26)9-15(7-13)19(20,21)22;1-2-4-6-5-3-1/h2-3,6-10H,1H3,(H2,23,27)(H,24,26)(H,25,28);1-5H. The van der Waals surface area contributed by atoms with E-state index >= 15 is 0 Å². The Hall–Kier alpha value is -4.65.